The molecule has 2 rings (SSSR count). The lowest BCUT2D eigenvalue weighted by atomic mass is 10.2. The second kappa shape index (κ2) is 4.87. The van der Waals surface area contributed by atoms with Crippen molar-refractivity contribution in [1.29, 1.82) is 0 Å². The maximum absolute atomic E-state index is 10.1. The summed E-state index contributed by atoms with van der Waals surface area (Å²) in [5, 5.41) is 0. The minimum Gasteiger partial charge on any atom is -0.297 e. The largest absolute Gasteiger partial charge is 0.297 e. The Morgan fingerprint density at radius 1 is 1.40 bits per heavy atom. The number of hydrogen-bond donors (Lipinski definition) is 0. The molecule has 3 heteroatoms. The lowest BCUT2D eigenvalue weighted by Gasteiger charge is -2.14. The highest BCUT2D eigenvalue weighted by molar-refractivity contribution is 5.33. The molecule has 1 unspecified atom stereocenters. The zero-order valence-corrected chi connectivity index (χ0v) is 8.60. The van der Waals surface area contributed by atoms with Gasteiger partial charge in [0.25, 0.3) is 0 Å². The first-order chi connectivity index (χ1) is 7.38. The molecule has 1 aromatic rings. The Hall–Kier alpha value is -1.44. The summed E-state index contributed by atoms with van der Waals surface area (Å²) in [4.78, 5) is 16.2. The Kier molecular flexibility index (Phi) is 3.28. The average Bonchev–Trinajstić information content (AvgIpc) is 2.68. The van der Waals surface area contributed by atoms with Gasteiger partial charge in [0.15, 0.2) is 0 Å². The van der Waals surface area contributed by atoms with Gasteiger partial charge < -0.3 is 0 Å². The molecule has 1 heterocycles. The van der Waals surface area contributed by atoms with Crippen molar-refractivity contribution in [3.63, 3.8) is 0 Å². The topological polar surface area (TPSA) is 32.7 Å². The third-order valence-electron chi connectivity index (χ3n) is 2.73. The van der Waals surface area contributed by atoms with E-state index in [0.29, 0.717) is 0 Å². The molecule has 1 saturated heterocycles. The van der Waals surface area contributed by atoms with E-state index in [2.05, 4.69) is 22.0 Å². The molecule has 0 bridgehead atoms. The monoisotopic (exact) mass is 202 g/mol. The van der Waals surface area contributed by atoms with Gasteiger partial charge in [0.05, 0.1) is 6.04 Å². The normalized spacial score (nSPS) is 21.2. The van der Waals surface area contributed by atoms with Crippen LogP contribution in [0, 0.1) is 0 Å². The lowest BCUT2D eigenvalue weighted by Crippen LogP contribution is -2.20. The van der Waals surface area contributed by atoms with Gasteiger partial charge in [-0.1, -0.05) is 30.3 Å². The second-order valence-electron chi connectivity index (χ2n) is 3.88. The minimum atomic E-state index is 0.159. The molecule has 0 saturated carbocycles. The van der Waals surface area contributed by atoms with E-state index in [4.69, 9.17) is 0 Å². The third-order valence-corrected chi connectivity index (χ3v) is 2.73. The van der Waals surface area contributed by atoms with Crippen molar-refractivity contribution in [1.82, 2.24) is 4.90 Å². The highest BCUT2D eigenvalue weighted by atomic mass is 16.1. The van der Waals surface area contributed by atoms with Crippen LogP contribution >= 0.6 is 0 Å². The summed E-state index contributed by atoms with van der Waals surface area (Å²) in [5.74, 6) is 0. The van der Waals surface area contributed by atoms with E-state index in [0.717, 1.165) is 26.1 Å². The van der Waals surface area contributed by atoms with Crippen LogP contribution < -0.4 is 0 Å². The van der Waals surface area contributed by atoms with Crippen molar-refractivity contribution in [2.75, 3.05) is 13.1 Å². The molecular formula is C12H14N2O. The standard InChI is InChI=1S/C12H14N2O/c15-10-13-12-6-7-14(9-12)8-11-4-2-1-3-5-11/h1-5,12H,6-9H2. The van der Waals surface area contributed by atoms with Crippen molar-refractivity contribution >= 4 is 6.08 Å². The molecule has 0 aliphatic carbocycles. The van der Waals surface area contributed by atoms with Crippen LogP contribution in [0.15, 0.2) is 35.3 Å². The van der Waals surface area contributed by atoms with Crippen molar-refractivity contribution in [3.05, 3.63) is 35.9 Å². The minimum absolute atomic E-state index is 0.159. The van der Waals surface area contributed by atoms with Gasteiger partial charge in [-0.15, -0.1) is 0 Å². The molecule has 1 aliphatic heterocycles. The zero-order valence-electron chi connectivity index (χ0n) is 8.60. The molecule has 0 aromatic heterocycles. The fourth-order valence-electron chi connectivity index (χ4n) is 1.98. The Balaban J connectivity index is 1.90. The second-order valence-corrected chi connectivity index (χ2v) is 3.88. The van der Waals surface area contributed by atoms with E-state index in [9.17, 15) is 4.79 Å². The smallest absolute Gasteiger partial charge is 0.235 e. The van der Waals surface area contributed by atoms with Crippen LogP contribution in [-0.4, -0.2) is 30.1 Å². The quantitative estimate of drug-likeness (QED) is 0.551. The number of rotatable bonds is 3. The number of benzene rings is 1. The number of nitrogens with zero attached hydrogens (tertiary/aromatic N) is 2. The van der Waals surface area contributed by atoms with E-state index in [1.54, 1.807) is 6.08 Å². The van der Waals surface area contributed by atoms with Gasteiger partial charge in [-0.05, 0) is 12.0 Å². The van der Waals surface area contributed by atoms with Gasteiger partial charge in [-0.25, -0.2) is 9.79 Å². The molecule has 1 atom stereocenters. The van der Waals surface area contributed by atoms with E-state index in [1.165, 1.54) is 5.56 Å². The van der Waals surface area contributed by atoms with Gasteiger partial charge in [0.1, 0.15) is 0 Å². The number of aliphatic imine (C=N–C) groups is 1. The molecule has 0 spiro atoms. The highest BCUT2D eigenvalue weighted by Crippen LogP contribution is 2.15. The lowest BCUT2D eigenvalue weighted by molar-refractivity contribution is 0.327. The molecule has 78 valence electrons. The Bertz CT molecular complexity index is 357. The highest BCUT2D eigenvalue weighted by Gasteiger charge is 2.21. The summed E-state index contributed by atoms with van der Waals surface area (Å²) in [6.07, 6.45) is 2.62. The summed E-state index contributed by atoms with van der Waals surface area (Å²) in [7, 11) is 0. The third kappa shape index (κ3) is 2.75. The van der Waals surface area contributed by atoms with Gasteiger partial charge >= 0.3 is 0 Å². The predicted octanol–water partition coefficient (Wildman–Crippen LogP) is 1.60. The van der Waals surface area contributed by atoms with Crippen LogP contribution in [0.2, 0.25) is 0 Å². The van der Waals surface area contributed by atoms with Crippen molar-refractivity contribution < 1.29 is 4.79 Å². The van der Waals surface area contributed by atoms with E-state index >= 15 is 0 Å². The molecule has 0 N–H and O–H groups in total. The van der Waals surface area contributed by atoms with E-state index < -0.39 is 0 Å². The maximum atomic E-state index is 10.1. The fourth-order valence-corrected chi connectivity index (χ4v) is 1.98. The van der Waals surface area contributed by atoms with Crippen molar-refractivity contribution in [2.24, 2.45) is 4.99 Å². The zero-order chi connectivity index (χ0) is 10.5. The molecule has 1 fully saturated rings. The summed E-state index contributed by atoms with van der Waals surface area (Å²) in [6, 6.07) is 10.5. The van der Waals surface area contributed by atoms with Crippen LogP contribution in [0.4, 0.5) is 0 Å². The molecule has 0 amide bonds. The molecule has 15 heavy (non-hydrogen) atoms. The van der Waals surface area contributed by atoms with Crippen LogP contribution in [0.3, 0.4) is 0 Å². The first kappa shape index (κ1) is 10.1. The molecule has 1 aliphatic rings. The van der Waals surface area contributed by atoms with Crippen molar-refractivity contribution in [3.8, 4) is 0 Å². The predicted molar refractivity (Wildman–Crippen MR) is 58.2 cm³/mol. The summed E-state index contributed by atoms with van der Waals surface area (Å²) in [6.45, 7) is 2.85. The van der Waals surface area contributed by atoms with Crippen molar-refractivity contribution in [2.45, 2.75) is 19.0 Å². The average molecular weight is 202 g/mol. The van der Waals surface area contributed by atoms with Crippen LogP contribution in [-0.2, 0) is 11.3 Å². The Labute approximate surface area is 89.4 Å². The maximum Gasteiger partial charge on any atom is 0.235 e. The Morgan fingerprint density at radius 3 is 2.93 bits per heavy atom. The molecule has 0 radical (unpaired) electrons. The first-order valence-electron chi connectivity index (χ1n) is 5.22. The summed E-state index contributed by atoms with van der Waals surface area (Å²) < 4.78 is 0. The number of likely N-dealkylation sites (tertiary alicyclic amines) is 1. The van der Waals surface area contributed by atoms with Crippen LogP contribution in [0.1, 0.15) is 12.0 Å². The number of hydrogen-bond acceptors (Lipinski definition) is 3. The van der Waals surface area contributed by atoms with Gasteiger partial charge in [-0.3, -0.25) is 4.90 Å². The van der Waals surface area contributed by atoms with Gasteiger partial charge in [0.2, 0.25) is 6.08 Å². The van der Waals surface area contributed by atoms with Crippen LogP contribution in [0.25, 0.3) is 0 Å². The number of isocyanates is 1. The molecular weight excluding hydrogens is 188 g/mol. The molecule has 1 aromatic carbocycles. The fraction of sp³-hybridized carbons (Fsp3) is 0.417. The molecule has 3 nitrogen and oxygen atoms in total. The Morgan fingerprint density at radius 2 is 2.20 bits per heavy atom. The SMILES string of the molecule is O=C=NC1CCN(Cc2ccccc2)C1. The summed E-state index contributed by atoms with van der Waals surface area (Å²) >= 11 is 0. The van der Waals surface area contributed by atoms with E-state index in [-0.39, 0.29) is 6.04 Å². The first-order valence-corrected chi connectivity index (χ1v) is 5.22. The van der Waals surface area contributed by atoms with Crippen LogP contribution in [0.5, 0.6) is 0 Å². The van der Waals surface area contributed by atoms with Gasteiger partial charge in [-0.2, -0.15) is 0 Å². The number of carbonyl (C=O) groups excluding carboxylic acids is 1. The van der Waals surface area contributed by atoms with Gasteiger partial charge in [0, 0.05) is 19.6 Å². The van der Waals surface area contributed by atoms with E-state index in [1.807, 2.05) is 18.2 Å². The summed E-state index contributed by atoms with van der Waals surface area (Å²) in [5.41, 5.74) is 1.31.